The summed E-state index contributed by atoms with van der Waals surface area (Å²) in [5.74, 6) is 1.38. The molecule has 1 aromatic carbocycles. The Morgan fingerprint density at radius 2 is 2.04 bits per heavy atom. The predicted molar refractivity (Wildman–Crippen MR) is 88.7 cm³/mol. The average Bonchev–Trinajstić information content (AvgIpc) is 3.36. The smallest absolute Gasteiger partial charge is 0.223 e. The van der Waals surface area contributed by atoms with Gasteiger partial charge in [0.2, 0.25) is 5.91 Å². The number of carbonyl (C=O) groups is 1. The van der Waals surface area contributed by atoms with Crippen LogP contribution in [0.25, 0.3) is 0 Å². The van der Waals surface area contributed by atoms with E-state index >= 15 is 0 Å². The fourth-order valence-electron chi connectivity index (χ4n) is 4.06. The lowest BCUT2D eigenvalue weighted by molar-refractivity contribution is -0.122. The lowest BCUT2D eigenvalue weighted by Crippen LogP contribution is -2.43. The summed E-state index contributed by atoms with van der Waals surface area (Å²) in [6.07, 6.45) is 3.37. The van der Waals surface area contributed by atoms with E-state index in [1.54, 1.807) is 0 Å². The van der Waals surface area contributed by atoms with Crippen LogP contribution in [0.5, 0.6) is 0 Å². The Balaban J connectivity index is 1.27. The number of nitrogens with one attached hydrogen (secondary N) is 1. The van der Waals surface area contributed by atoms with Crippen molar-refractivity contribution in [3.63, 3.8) is 0 Å². The third kappa shape index (κ3) is 3.62. The van der Waals surface area contributed by atoms with Crippen LogP contribution in [-0.4, -0.2) is 43.2 Å². The summed E-state index contributed by atoms with van der Waals surface area (Å²) >= 11 is 0. The molecule has 4 rings (SSSR count). The molecular weight excluding hydrogens is 307 g/mol. The van der Waals surface area contributed by atoms with Gasteiger partial charge in [-0.3, -0.25) is 9.69 Å². The van der Waals surface area contributed by atoms with Crippen molar-refractivity contribution in [2.45, 2.75) is 31.9 Å². The highest BCUT2D eigenvalue weighted by atomic mass is 19.1. The van der Waals surface area contributed by atoms with Gasteiger partial charge in [-0.05, 0) is 49.4 Å². The highest BCUT2D eigenvalue weighted by Gasteiger charge is 2.41. The van der Waals surface area contributed by atoms with Crippen LogP contribution >= 0.6 is 0 Å². The average molecular weight is 332 g/mol. The largest absolute Gasteiger partial charge is 0.376 e. The molecule has 0 bridgehead atoms. The standard InChI is InChI=1S/C19H25FN2O2/c20-16-5-1-13(2-6-16)10-22-8-7-17-15(11-22)12-24-18(17)9-21-19(23)14-3-4-14/h1-2,5-6,14-15,17-18H,3-4,7-12H2,(H,21,23)/t15-,17-,18-/m0/s1. The molecule has 2 aliphatic heterocycles. The summed E-state index contributed by atoms with van der Waals surface area (Å²) in [7, 11) is 0. The monoisotopic (exact) mass is 332 g/mol. The number of piperidine rings is 1. The zero-order chi connectivity index (χ0) is 16.5. The van der Waals surface area contributed by atoms with Gasteiger partial charge in [0.15, 0.2) is 0 Å². The number of amides is 1. The molecule has 1 aliphatic carbocycles. The lowest BCUT2D eigenvalue weighted by Gasteiger charge is -2.35. The number of rotatable bonds is 5. The van der Waals surface area contributed by atoms with Gasteiger partial charge in [0, 0.05) is 31.5 Å². The summed E-state index contributed by atoms with van der Waals surface area (Å²) in [6.45, 7) is 4.37. The molecule has 24 heavy (non-hydrogen) atoms. The van der Waals surface area contributed by atoms with Gasteiger partial charge < -0.3 is 10.1 Å². The van der Waals surface area contributed by atoms with Crippen molar-refractivity contribution in [1.29, 1.82) is 0 Å². The molecule has 130 valence electrons. The quantitative estimate of drug-likeness (QED) is 0.899. The zero-order valence-corrected chi connectivity index (χ0v) is 13.9. The van der Waals surface area contributed by atoms with Crippen molar-refractivity contribution in [2.24, 2.45) is 17.8 Å². The van der Waals surface area contributed by atoms with Crippen LogP contribution in [0.4, 0.5) is 4.39 Å². The summed E-state index contributed by atoms with van der Waals surface area (Å²) in [5, 5.41) is 3.06. The summed E-state index contributed by atoms with van der Waals surface area (Å²) < 4.78 is 19.0. The van der Waals surface area contributed by atoms with Gasteiger partial charge in [0.1, 0.15) is 5.82 Å². The normalized spacial score (nSPS) is 30.1. The second-order valence-corrected chi connectivity index (χ2v) is 7.47. The Morgan fingerprint density at radius 3 is 2.79 bits per heavy atom. The molecule has 0 spiro atoms. The number of halogens is 1. The van der Waals surface area contributed by atoms with Crippen molar-refractivity contribution in [1.82, 2.24) is 10.2 Å². The molecule has 1 aromatic rings. The molecule has 1 N–H and O–H groups in total. The highest BCUT2D eigenvalue weighted by molar-refractivity contribution is 5.80. The van der Waals surface area contributed by atoms with Crippen molar-refractivity contribution in [3.8, 4) is 0 Å². The van der Waals surface area contributed by atoms with Gasteiger partial charge in [0.05, 0.1) is 12.7 Å². The van der Waals surface area contributed by atoms with E-state index in [0.717, 1.165) is 51.1 Å². The van der Waals surface area contributed by atoms with Crippen molar-refractivity contribution in [2.75, 3.05) is 26.2 Å². The lowest BCUT2D eigenvalue weighted by atomic mass is 9.84. The second-order valence-electron chi connectivity index (χ2n) is 7.47. The van der Waals surface area contributed by atoms with E-state index in [0.29, 0.717) is 18.4 Å². The number of carbonyl (C=O) groups excluding carboxylic acids is 1. The minimum atomic E-state index is -0.183. The van der Waals surface area contributed by atoms with E-state index in [1.165, 1.54) is 12.1 Å². The van der Waals surface area contributed by atoms with Crippen LogP contribution < -0.4 is 5.32 Å². The minimum absolute atomic E-state index is 0.172. The van der Waals surface area contributed by atoms with Crippen LogP contribution in [0.3, 0.4) is 0 Å². The maximum atomic E-state index is 13.0. The SMILES string of the molecule is O=C(NC[C@@H]1OC[C@@H]2CN(Cc3ccc(F)cc3)CC[C@@H]21)C1CC1. The Morgan fingerprint density at radius 1 is 1.25 bits per heavy atom. The fraction of sp³-hybridized carbons (Fsp3) is 0.632. The highest BCUT2D eigenvalue weighted by Crippen LogP contribution is 2.35. The molecule has 5 heteroatoms. The summed E-state index contributed by atoms with van der Waals surface area (Å²) in [6, 6.07) is 6.78. The number of hydrogen-bond acceptors (Lipinski definition) is 3. The fourth-order valence-corrected chi connectivity index (χ4v) is 4.06. The first-order chi connectivity index (χ1) is 11.7. The number of nitrogens with zero attached hydrogens (tertiary/aromatic N) is 1. The van der Waals surface area contributed by atoms with Gasteiger partial charge in [-0.2, -0.15) is 0 Å². The van der Waals surface area contributed by atoms with E-state index in [4.69, 9.17) is 4.74 Å². The molecule has 1 amide bonds. The molecule has 2 heterocycles. The van der Waals surface area contributed by atoms with E-state index in [-0.39, 0.29) is 23.7 Å². The van der Waals surface area contributed by atoms with E-state index < -0.39 is 0 Å². The number of likely N-dealkylation sites (tertiary alicyclic amines) is 1. The Kier molecular flexibility index (Phi) is 4.55. The predicted octanol–water partition coefficient (Wildman–Crippen LogP) is 2.19. The van der Waals surface area contributed by atoms with Crippen LogP contribution in [-0.2, 0) is 16.1 Å². The van der Waals surface area contributed by atoms with Crippen molar-refractivity contribution >= 4 is 5.91 Å². The van der Waals surface area contributed by atoms with Gasteiger partial charge >= 0.3 is 0 Å². The number of ether oxygens (including phenoxy) is 1. The molecular formula is C19H25FN2O2. The molecule has 2 saturated heterocycles. The van der Waals surface area contributed by atoms with Crippen LogP contribution in [0.1, 0.15) is 24.8 Å². The third-order valence-corrected chi connectivity index (χ3v) is 5.62. The summed E-state index contributed by atoms with van der Waals surface area (Å²) in [4.78, 5) is 14.2. The zero-order valence-electron chi connectivity index (χ0n) is 13.9. The first kappa shape index (κ1) is 16.0. The topological polar surface area (TPSA) is 41.6 Å². The summed E-state index contributed by atoms with van der Waals surface area (Å²) in [5.41, 5.74) is 1.15. The number of fused-ring (bicyclic) bond motifs is 1. The first-order valence-corrected chi connectivity index (χ1v) is 9.05. The molecule has 4 nitrogen and oxygen atoms in total. The van der Waals surface area contributed by atoms with Crippen LogP contribution in [0, 0.1) is 23.6 Å². The first-order valence-electron chi connectivity index (χ1n) is 9.05. The second kappa shape index (κ2) is 6.81. The Bertz CT molecular complexity index is 588. The van der Waals surface area contributed by atoms with Gasteiger partial charge in [-0.25, -0.2) is 4.39 Å². The van der Waals surface area contributed by atoms with Gasteiger partial charge in [-0.15, -0.1) is 0 Å². The Labute approximate surface area is 142 Å². The van der Waals surface area contributed by atoms with E-state index in [9.17, 15) is 9.18 Å². The molecule has 3 fully saturated rings. The van der Waals surface area contributed by atoms with Crippen LogP contribution in [0.2, 0.25) is 0 Å². The van der Waals surface area contributed by atoms with Gasteiger partial charge in [-0.1, -0.05) is 12.1 Å². The van der Waals surface area contributed by atoms with Crippen LogP contribution in [0.15, 0.2) is 24.3 Å². The number of benzene rings is 1. The Hall–Kier alpha value is -1.46. The van der Waals surface area contributed by atoms with Gasteiger partial charge in [0.25, 0.3) is 0 Å². The molecule has 0 unspecified atom stereocenters. The third-order valence-electron chi connectivity index (χ3n) is 5.62. The molecule has 3 aliphatic rings. The minimum Gasteiger partial charge on any atom is -0.376 e. The molecule has 3 atom stereocenters. The molecule has 0 radical (unpaired) electrons. The van der Waals surface area contributed by atoms with E-state index in [2.05, 4.69) is 10.2 Å². The number of hydrogen-bond donors (Lipinski definition) is 1. The molecule has 1 saturated carbocycles. The van der Waals surface area contributed by atoms with Crippen molar-refractivity contribution in [3.05, 3.63) is 35.6 Å². The maximum absolute atomic E-state index is 13.0. The van der Waals surface area contributed by atoms with Crippen molar-refractivity contribution < 1.29 is 13.9 Å². The maximum Gasteiger partial charge on any atom is 0.223 e. The molecule has 0 aromatic heterocycles. The van der Waals surface area contributed by atoms with E-state index in [1.807, 2.05) is 12.1 Å².